The highest BCUT2D eigenvalue weighted by Crippen LogP contribution is 2.06. The summed E-state index contributed by atoms with van der Waals surface area (Å²) in [5.41, 5.74) is 0. The van der Waals surface area contributed by atoms with Gasteiger partial charge in [0.2, 0.25) is 0 Å². The van der Waals surface area contributed by atoms with Crippen molar-refractivity contribution in [2.75, 3.05) is 0 Å². The molecule has 2 aromatic rings. The molecule has 0 atom stereocenters. The fraction of sp³-hybridized carbons (Fsp3) is 0. The molecule has 0 saturated heterocycles. The van der Waals surface area contributed by atoms with E-state index in [-0.39, 0.29) is 5.82 Å². The van der Waals surface area contributed by atoms with Crippen LogP contribution in [0.5, 0.6) is 0 Å². The standard InChI is InChI=1S/C16H13F/c1-12-7-3-4-8-13(2)16(17)11-14-9-5-6-10-15(12)14/h3-11H,1-2H2. The van der Waals surface area contributed by atoms with E-state index in [0.717, 1.165) is 16.0 Å². The molecule has 0 unspecified atom stereocenters. The Bertz CT molecular complexity index is 700. The van der Waals surface area contributed by atoms with E-state index in [1.54, 1.807) is 12.1 Å². The minimum Gasteiger partial charge on any atom is -0.206 e. The Morgan fingerprint density at radius 2 is 1.35 bits per heavy atom. The van der Waals surface area contributed by atoms with E-state index in [1.807, 2.05) is 36.4 Å². The molecule has 0 N–H and O–H groups in total. The average molecular weight is 224 g/mol. The van der Waals surface area contributed by atoms with Crippen molar-refractivity contribution in [1.82, 2.24) is 0 Å². The molecule has 0 bridgehead atoms. The summed E-state index contributed by atoms with van der Waals surface area (Å²) in [6, 6.07) is 16.2. The van der Waals surface area contributed by atoms with Crippen LogP contribution in [0.4, 0.5) is 4.39 Å². The van der Waals surface area contributed by atoms with Gasteiger partial charge in [-0.3, -0.25) is 0 Å². The molecule has 0 radical (unpaired) electrons. The van der Waals surface area contributed by atoms with Crippen molar-refractivity contribution in [3.63, 3.8) is 0 Å². The van der Waals surface area contributed by atoms with E-state index >= 15 is 0 Å². The van der Waals surface area contributed by atoms with Crippen LogP contribution < -0.4 is 10.4 Å². The van der Waals surface area contributed by atoms with E-state index in [9.17, 15) is 4.39 Å². The zero-order chi connectivity index (χ0) is 12.3. The molecule has 0 heterocycles. The van der Waals surface area contributed by atoms with Gasteiger partial charge in [0.05, 0.1) is 0 Å². The second kappa shape index (κ2) is 4.79. The highest BCUT2D eigenvalue weighted by Gasteiger charge is 1.91. The lowest BCUT2D eigenvalue weighted by Crippen LogP contribution is -2.01. The highest BCUT2D eigenvalue weighted by molar-refractivity contribution is 5.81. The summed E-state index contributed by atoms with van der Waals surface area (Å²) < 4.78 is 13.8. The Labute approximate surface area is 99.7 Å². The van der Waals surface area contributed by atoms with Gasteiger partial charge in [0.15, 0.2) is 0 Å². The van der Waals surface area contributed by atoms with Gasteiger partial charge in [0.25, 0.3) is 0 Å². The fourth-order valence-corrected chi connectivity index (χ4v) is 1.66. The number of rotatable bonds is 0. The van der Waals surface area contributed by atoms with Crippen LogP contribution in [-0.4, -0.2) is 0 Å². The van der Waals surface area contributed by atoms with Gasteiger partial charge in [-0.25, -0.2) is 4.39 Å². The maximum absolute atomic E-state index is 13.8. The number of halogens is 1. The molecule has 0 aliphatic heterocycles. The third kappa shape index (κ3) is 2.51. The van der Waals surface area contributed by atoms with E-state index in [1.165, 1.54) is 6.07 Å². The SMILES string of the molecule is C=c1ccccc(=C)c2ccccc2cc1F. The summed E-state index contributed by atoms with van der Waals surface area (Å²) in [5, 5.41) is 2.98. The fourth-order valence-electron chi connectivity index (χ4n) is 1.66. The maximum atomic E-state index is 13.8. The molecule has 0 aliphatic carbocycles. The summed E-state index contributed by atoms with van der Waals surface area (Å²) >= 11 is 0. The topological polar surface area (TPSA) is 0 Å². The van der Waals surface area contributed by atoms with Gasteiger partial charge in [-0.1, -0.05) is 61.7 Å². The minimum atomic E-state index is -0.322. The summed E-state index contributed by atoms with van der Waals surface area (Å²) in [7, 11) is 0. The number of hydrogen-bond donors (Lipinski definition) is 0. The molecule has 2 aromatic carbocycles. The van der Waals surface area contributed by atoms with Crippen LogP contribution in [-0.2, 0) is 0 Å². The number of benzene rings is 1. The van der Waals surface area contributed by atoms with Crippen LogP contribution in [0.25, 0.3) is 23.9 Å². The van der Waals surface area contributed by atoms with Crippen LogP contribution in [0.15, 0.2) is 54.6 Å². The average Bonchev–Trinajstić information content (AvgIpc) is 2.34. The largest absolute Gasteiger partial charge is 0.206 e. The van der Waals surface area contributed by atoms with Crippen LogP contribution in [0.2, 0.25) is 0 Å². The van der Waals surface area contributed by atoms with Gasteiger partial charge in [0, 0.05) is 5.22 Å². The molecule has 0 fully saturated rings. The van der Waals surface area contributed by atoms with E-state index < -0.39 is 0 Å². The van der Waals surface area contributed by atoms with Gasteiger partial charge < -0.3 is 0 Å². The summed E-state index contributed by atoms with van der Waals surface area (Å²) in [6.45, 7) is 7.65. The van der Waals surface area contributed by atoms with E-state index in [4.69, 9.17) is 0 Å². The summed E-state index contributed by atoms with van der Waals surface area (Å²) in [5.74, 6) is -0.322. The Kier molecular flexibility index (Phi) is 3.20. The molecular formula is C16H13F. The first-order valence-corrected chi connectivity index (χ1v) is 5.38. The monoisotopic (exact) mass is 224 g/mol. The second-order valence-electron chi connectivity index (χ2n) is 3.85. The first-order valence-electron chi connectivity index (χ1n) is 5.38. The van der Waals surface area contributed by atoms with Crippen molar-refractivity contribution in [1.29, 1.82) is 0 Å². The maximum Gasteiger partial charge on any atom is 0.130 e. The van der Waals surface area contributed by atoms with Gasteiger partial charge in [-0.05, 0) is 22.1 Å². The molecule has 0 nitrogen and oxygen atoms in total. The van der Waals surface area contributed by atoms with Crippen LogP contribution in [0.3, 0.4) is 0 Å². The van der Waals surface area contributed by atoms with E-state index in [0.29, 0.717) is 5.22 Å². The van der Waals surface area contributed by atoms with Crippen molar-refractivity contribution >= 4 is 23.9 Å². The Morgan fingerprint density at radius 1 is 0.765 bits per heavy atom. The molecule has 0 aromatic heterocycles. The third-order valence-electron chi connectivity index (χ3n) is 2.60. The van der Waals surface area contributed by atoms with E-state index in [2.05, 4.69) is 13.2 Å². The smallest absolute Gasteiger partial charge is 0.130 e. The van der Waals surface area contributed by atoms with Crippen LogP contribution >= 0.6 is 0 Å². The van der Waals surface area contributed by atoms with Crippen molar-refractivity contribution in [2.45, 2.75) is 0 Å². The predicted molar refractivity (Wildman–Crippen MR) is 71.8 cm³/mol. The predicted octanol–water partition coefficient (Wildman–Crippen LogP) is 2.92. The number of hydrogen-bond acceptors (Lipinski definition) is 0. The first kappa shape index (κ1) is 11.3. The van der Waals surface area contributed by atoms with Gasteiger partial charge in [-0.15, -0.1) is 0 Å². The summed E-state index contributed by atoms with van der Waals surface area (Å²) in [4.78, 5) is 0. The van der Waals surface area contributed by atoms with Crippen molar-refractivity contribution in [2.24, 2.45) is 0 Å². The van der Waals surface area contributed by atoms with Crippen molar-refractivity contribution in [3.8, 4) is 0 Å². The minimum absolute atomic E-state index is 0.322. The quantitative estimate of drug-likeness (QED) is 0.645. The van der Waals surface area contributed by atoms with Gasteiger partial charge in [-0.2, -0.15) is 0 Å². The second-order valence-corrected chi connectivity index (χ2v) is 3.85. The molecular weight excluding hydrogens is 211 g/mol. The summed E-state index contributed by atoms with van der Waals surface area (Å²) in [6.07, 6.45) is 0. The normalized spacial score (nSPS) is 9.94. The molecule has 0 amide bonds. The lowest BCUT2D eigenvalue weighted by atomic mass is 10.1. The van der Waals surface area contributed by atoms with Crippen LogP contribution in [0, 0.1) is 5.82 Å². The van der Waals surface area contributed by atoms with Crippen molar-refractivity contribution < 1.29 is 4.39 Å². The molecule has 0 aliphatic rings. The van der Waals surface area contributed by atoms with Gasteiger partial charge >= 0.3 is 0 Å². The lowest BCUT2D eigenvalue weighted by molar-refractivity contribution is 0.622. The Hall–Kier alpha value is -2.15. The molecule has 84 valence electrons. The van der Waals surface area contributed by atoms with Crippen LogP contribution in [0.1, 0.15) is 0 Å². The number of fused-ring (bicyclic) bond motifs is 1. The molecule has 0 spiro atoms. The lowest BCUT2D eigenvalue weighted by Gasteiger charge is -1.94. The highest BCUT2D eigenvalue weighted by atomic mass is 19.1. The van der Waals surface area contributed by atoms with Gasteiger partial charge in [0.1, 0.15) is 5.82 Å². The van der Waals surface area contributed by atoms with Crippen molar-refractivity contribution in [3.05, 3.63) is 70.9 Å². The Balaban J connectivity index is 3.05. The third-order valence-corrected chi connectivity index (χ3v) is 2.60. The molecule has 17 heavy (non-hydrogen) atoms. The zero-order valence-corrected chi connectivity index (χ0v) is 9.49. The zero-order valence-electron chi connectivity index (χ0n) is 9.49. The molecule has 1 heteroatoms. The Morgan fingerprint density at radius 3 is 2.12 bits per heavy atom. The first-order chi connectivity index (χ1) is 8.18. The molecule has 2 rings (SSSR count). The molecule has 0 saturated carbocycles.